The molecule has 3 amide bonds. The maximum Gasteiger partial charge on any atom is 0.341 e. The van der Waals surface area contributed by atoms with Crippen LogP contribution in [0, 0.1) is 0 Å². The molecule has 2 aromatic rings. The van der Waals surface area contributed by atoms with E-state index in [0.29, 0.717) is 34.8 Å². The van der Waals surface area contributed by atoms with Crippen LogP contribution >= 0.6 is 11.3 Å². The molecule has 1 fully saturated rings. The SMILES string of the molecule is CCOC(=O)c1c(NC(=O)c2cccc(N3C(=O)CCC3=O)c2)sc2c1CCN(C)C2. The molecule has 1 aromatic carbocycles. The first-order valence-electron chi connectivity index (χ1n) is 10.2. The number of nitrogens with one attached hydrogen (secondary N) is 1. The molecular weight excluding hydrogens is 418 g/mol. The Hall–Kier alpha value is -3.04. The van der Waals surface area contributed by atoms with Gasteiger partial charge in [-0.1, -0.05) is 6.07 Å². The van der Waals surface area contributed by atoms with Gasteiger partial charge in [0.25, 0.3) is 5.91 Å². The molecule has 1 saturated heterocycles. The highest BCUT2D eigenvalue weighted by Gasteiger charge is 2.31. The molecule has 31 heavy (non-hydrogen) atoms. The number of rotatable bonds is 5. The lowest BCUT2D eigenvalue weighted by atomic mass is 10.0. The Morgan fingerprint density at radius 2 is 1.90 bits per heavy atom. The fourth-order valence-corrected chi connectivity index (χ4v) is 5.18. The number of amides is 3. The minimum atomic E-state index is -0.443. The summed E-state index contributed by atoms with van der Waals surface area (Å²) in [7, 11) is 2.01. The van der Waals surface area contributed by atoms with Crippen molar-refractivity contribution in [1.82, 2.24) is 4.90 Å². The van der Waals surface area contributed by atoms with Crippen molar-refractivity contribution in [2.45, 2.75) is 32.7 Å². The van der Waals surface area contributed by atoms with Gasteiger partial charge in [-0.2, -0.15) is 0 Å². The van der Waals surface area contributed by atoms with Crippen molar-refractivity contribution in [3.63, 3.8) is 0 Å². The molecule has 4 rings (SSSR count). The normalized spacial score (nSPS) is 16.4. The van der Waals surface area contributed by atoms with Gasteiger partial charge in [0, 0.05) is 36.4 Å². The fraction of sp³-hybridized carbons (Fsp3) is 0.364. The van der Waals surface area contributed by atoms with E-state index in [1.165, 1.54) is 17.4 Å². The number of carbonyl (C=O) groups is 4. The molecule has 2 aliphatic heterocycles. The number of nitrogens with zero attached hydrogens (tertiary/aromatic N) is 2. The third-order valence-electron chi connectivity index (χ3n) is 5.37. The van der Waals surface area contributed by atoms with Crippen molar-refractivity contribution in [2.75, 3.05) is 30.4 Å². The quantitative estimate of drug-likeness (QED) is 0.566. The highest BCUT2D eigenvalue weighted by atomic mass is 32.1. The first kappa shape index (κ1) is 21.2. The third-order valence-corrected chi connectivity index (χ3v) is 6.50. The molecule has 1 aromatic heterocycles. The van der Waals surface area contributed by atoms with Gasteiger partial charge in [-0.05, 0) is 44.2 Å². The third kappa shape index (κ3) is 4.11. The molecule has 9 heteroatoms. The molecule has 0 spiro atoms. The molecule has 0 aliphatic carbocycles. The lowest BCUT2D eigenvalue weighted by Crippen LogP contribution is -2.28. The van der Waals surface area contributed by atoms with Gasteiger partial charge in [0.15, 0.2) is 0 Å². The van der Waals surface area contributed by atoms with Crippen molar-refractivity contribution in [3.05, 3.63) is 45.8 Å². The fourth-order valence-electron chi connectivity index (χ4n) is 3.86. The lowest BCUT2D eigenvalue weighted by Gasteiger charge is -2.22. The van der Waals surface area contributed by atoms with Crippen LogP contribution in [-0.2, 0) is 27.3 Å². The number of anilines is 2. The summed E-state index contributed by atoms with van der Waals surface area (Å²) < 4.78 is 5.24. The van der Waals surface area contributed by atoms with Gasteiger partial charge in [-0.15, -0.1) is 11.3 Å². The number of hydrogen-bond donors (Lipinski definition) is 1. The van der Waals surface area contributed by atoms with Crippen LogP contribution in [0.25, 0.3) is 0 Å². The van der Waals surface area contributed by atoms with E-state index < -0.39 is 11.9 Å². The van der Waals surface area contributed by atoms with Gasteiger partial charge >= 0.3 is 5.97 Å². The van der Waals surface area contributed by atoms with E-state index in [9.17, 15) is 19.2 Å². The van der Waals surface area contributed by atoms with Crippen LogP contribution in [0.5, 0.6) is 0 Å². The number of hydrogen-bond acceptors (Lipinski definition) is 7. The molecular formula is C22H23N3O5S. The van der Waals surface area contributed by atoms with E-state index in [1.54, 1.807) is 25.1 Å². The monoisotopic (exact) mass is 441 g/mol. The lowest BCUT2D eigenvalue weighted by molar-refractivity contribution is -0.121. The van der Waals surface area contributed by atoms with Gasteiger partial charge in [-0.3, -0.25) is 19.3 Å². The molecule has 0 unspecified atom stereocenters. The summed E-state index contributed by atoms with van der Waals surface area (Å²) >= 11 is 1.38. The van der Waals surface area contributed by atoms with Crippen molar-refractivity contribution in [2.24, 2.45) is 0 Å². The zero-order valence-corrected chi connectivity index (χ0v) is 18.2. The summed E-state index contributed by atoms with van der Waals surface area (Å²) in [5.41, 5.74) is 2.02. The van der Waals surface area contributed by atoms with Crippen LogP contribution in [0.2, 0.25) is 0 Å². The van der Waals surface area contributed by atoms with Crippen molar-refractivity contribution in [1.29, 1.82) is 0 Å². The van der Waals surface area contributed by atoms with Crippen LogP contribution in [0.1, 0.15) is 50.9 Å². The zero-order valence-electron chi connectivity index (χ0n) is 17.4. The second-order valence-electron chi connectivity index (χ2n) is 7.54. The van der Waals surface area contributed by atoms with Gasteiger partial charge in [0.2, 0.25) is 11.8 Å². The summed E-state index contributed by atoms with van der Waals surface area (Å²) in [5.74, 6) is -1.41. The van der Waals surface area contributed by atoms with E-state index in [1.807, 2.05) is 7.05 Å². The summed E-state index contributed by atoms with van der Waals surface area (Å²) in [6.45, 7) is 3.52. The van der Waals surface area contributed by atoms with Gasteiger partial charge in [0.05, 0.1) is 17.9 Å². The summed E-state index contributed by atoms with van der Waals surface area (Å²) in [5, 5.41) is 3.31. The molecule has 2 aliphatic rings. The number of imide groups is 1. The van der Waals surface area contributed by atoms with Crippen LogP contribution in [0.3, 0.4) is 0 Å². The minimum absolute atomic E-state index is 0.174. The highest BCUT2D eigenvalue weighted by molar-refractivity contribution is 7.17. The average molecular weight is 442 g/mol. The Balaban J connectivity index is 1.63. The molecule has 8 nitrogen and oxygen atoms in total. The maximum atomic E-state index is 13.0. The van der Waals surface area contributed by atoms with Gasteiger partial charge < -0.3 is 15.0 Å². The average Bonchev–Trinajstić information content (AvgIpc) is 3.26. The smallest absolute Gasteiger partial charge is 0.341 e. The first-order valence-corrected chi connectivity index (χ1v) is 11.0. The Bertz CT molecular complexity index is 1060. The van der Waals surface area contributed by atoms with Crippen LogP contribution in [0.4, 0.5) is 10.7 Å². The molecule has 0 radical (unpaired) electrons. The van der Waals surface area contributed by atoms with Crippen LogP contribution in [-0.4, -0.2) is 48.8 Å². The Morgan fingerprint density at radius 1 is 1.16 bits per heavy atom. The number of esters is 1. The van der Waals surface area contributed by atoms with Crippen molar-refractivity contribution < 1.29 is 23.9 Å². The molecule has 1 N–H and O–H groups in total. The second-order valence-corrected chi connectivity index (χ2v) is 8.65. The van der Waals surface area contributed by atoms with Crippen molar-refractivity contribution in [3.8, 4) is 0 Å². The Labute approximate surface area is 183 Å². The zero-order chi connectivity index (χ0) is 22.1. The van der Waals surface area contributed by atoms with E-state index in [-0.39, 0.29) is 31.3 Å². The predicted octanol–water partition coefficient (Wildman–Crippen LogP) is 2.82. The molecule has 0 bridgehead atoms. The summed E-state index contributed by atoms with van der Waals surface area (Å²) in [6.07, 6.45) is 1.06. The summed E-state index contributed by atoms with van der Waals surface area (Å²) in [6, 6.07) is 6.38. The van der Waals surface area contributed by atoms with Gasteiger partial charge in [0.1, 0.15) is 5.00 Å². The van der Waals surface area contributed by atoms with Crippen LogP contribution in [0.15, 0.2) is 24.3 Å². The topological polar surface area (TPSA) is 96.0 Å². The van der Waals surface area contributed by atoms with Gasteiger partial charge in [-0.25, -0.2) is 4.79 Å². The predicted molar refractivity (Wildman–Crippen MR) is 116 cm³/mol. The van der Waals surface area contributed by atoms with E-state index in [0.717, 1.165) is 21.9 Å². The molecule has 0 saturated carbocycles. The Kier molecular flexibility index (Phi) is 5.88. The van der Waals surface area contributed by atoms with E-state index in [2.05, 4.69) is 10.2 Å². The number of carbonyl (C=O) groups excluding carboxylic acids is 4. The maximum absolute atomic E-state index is 13.0. The molecule has 162 valence electrons. The number of benzene rings is 1. The molecule has 0 atom stereocenters. The van der Waals surface area contributed by atoms with Crippen LogP contribution < -0.4 is 10.2 Å². The highest BCUT2D eigenvalue weighted by Crippen LogP contribution is 2.37. The first-order chi connectivity index (χ1) is 14.9. The standard InChI is InChI=1S/C22H23N3O5S/c1-3-30-22(29)19-15-9-10-24(2)12-16(15)31-21(19)23-20(28)13-5-4-6-14(11-13)25-17(26)7-8-18(25)27/h4-6,11H,3,7-10,12H2,1-2H3,(H,23,28). The van der Waals surface area contributed by atoms with E-state index in [4.69, 9.17) is 4.74 Å². The summed E-state index contributed by atoms with van der Waals surface area (Å²) in [4.78, 5) is 54.0. The second kappa shape index (κ2) is 8.60. The number of thiophene rings is 1. The number of fused-ring (bicyclic) bond motifs is 1. The Morgan fingerprint density at radius 3 is 2.61 bits per heavy atom. The minimum Gasteiger partial charge on any atom is -0.462 e. The van der Waals surface area contributed by atoms with Crippen molar-refractivity contribution >= 4 is 45.7 Å². The molecule has 3 heterocycles. The largest absolute Gasteiger partial charge is 0.462 e. The number of ether oxygens (including phenoxy) is 1. The number of likely N-dealkylation sites (N-methyl/N-ethyl adjacent to an activating group) is 1. The van der Waals surface area contributed by atoms with E-state index >= 15 is 0 Å².